The van der Waals surface area contributed by atoms with Gasteiger partial charge in [-0.25, -0.2) is 8.42 Å². The van der Waals surface area contributed by atoms with E-state index in [4.69, 9.17) is 23.2 Å². The molecule has 0 unspecified atom stereocenters. The van der Waals surface area contributed by atoms with Crippen LogP contribution in [-0.2, 0) is 10.0 Å². The van der Waals surface area contributed by atoms with Crippen molar-refractivity contribution < 1.29 is 8.42 Å². The van der Waals surface area contributed by atoms with E-state index in [-0.39, 0.29) is 20.6 Å². The van der Waals surface area contributed by atoms with Gasteiger partial charge in [0.2, 0.25) is 0 Å². The van der Waals surface area contributed by atoms with Crippen LogP contribution in [0.4, 0.5) is 5.69 Å². The third kappa shape index (κ3) is 3.42. The van der Waals surface area contributed by atoms with E-state index in [2.05, 4.69) is 20.7 Å². The first-order valence-electron chi connectivity index (χ1n) is 5.12. The second-order valence-electron chi connectivity index (χ2n) is 3.66. The number of anilines is 1. The minimum atomic E-state index is -3.71. The first-order valence-corrected chi connectivity index (χ1v) is 8.16. The predicted molar refractivity (Wildman–Crippen MR) is 81.4 cm³/mol. The number of hydrogen-bond donors (Lipinski definition) is 1. The Balaban J connectivity index is 2.42. The van der Waals surface area contributed by atoms with Gasteiger partial charge in [0.15, 0.2) is 0 Å². The quantitative estimate of drug-likeness (QED) is 0.848. The summed E-state index contributed by atoms with van der Waals surface area (Å²) in [4.78, 5) is 0.144. The fourth-order valence-electron chi connectivity index (χ4n) is 1.43. The zero-order valence-electron chi connectivity index (χ0n) is 9.40. The van der Waals surface area contributed by atoms with Crippen LogP contribution >= 0.6 is 39.1 Å². The molecule has 0 amide bonds. The van der Waals surface area contributed by atoms with E-state index < -0.39 is 10.0 Å². The molecule has 100 valence electrons. The number of benzene rings is 2. The van der Waals surface area contributed by atoms with Crippen LogP contribution in [0, 0.1) is 0 Å². The number of hydrogen-bond acceptors (Lipinski definition) is 2. The maximum Gasteiger partial charge on any atom is 0.261 e. The van der Waals surface area contributed by atoms with Gasteiger partial charge >= 0.3 is 0 Å². The van der Waals surface area contributed by atoms with Gasteiger partial charge in [0.25, 0.3) is 10.0 Å². The third-order valence-electron chi connectivity index (χ3n) is 2.30. The SMILES string of the molecule is O=S(=O)(Nc1c(Cl)cc(Br)cc1Cl)c1ccccc1. The average molecular weight is 381 g/mol. The number of nitrogens with one attached hydrogen (secondary N) is 1. The van der Waals surface area contributed by atoms with Crippen LogP contribution in [0.3, 0.4) is 0 Å². The molecule has 0 fully saturated rings. The highest BCUT2D eigenvalue weighted by Crippen LogP contribution is 2.35. The molecule has 0 heterocycles. The Hall–Kier alpha value is -0.750. The largest absolute Gasteiger partial charge is 0.277 e. The third-order valence-corrected chi connectivity index (χ3v) is 4.72. The Morgan fingerprint density at radius 3 is 2.05 bits per heavy atom. The highest BCUT2D eigenvalue weighted by Gasteiger charge is 2.17. The molecule has 2 rings (SSSR count). The van der Waals surface area contributed by atoms with E-state index in [1.165, 1.54) is 12.1 Å². The Kier molecular flexibility index (Phi) is 4.40. The standard InChI is InChI=1S/C12H8BrCl2NO2S/c13-8-6-10(14)12(11(15)7-8)16-19(17,18)9-4-2-1-3-5-9/h1-7,16H. The van der Waals surface area contributed by atoms with Crippen molar-refractivity contribution >= 4 is 54.8 Å². The fraction of sp³-hybridized carbons (Fsp3) is 0. The number of sulfonamides is 1. The van der Waals surface area contributed by atoms with Crippen LogP contribution < -0.4 is 4.72 Å². The van der Waals surface area contributed by atoms with Crippen molar-refractivity contribution in [2.45, 2.75) is 4.90 Å². The van der Waals surface area contributed by atoms with Gasteiger partial charge in [-0.3, -0.25) is 4.72 Å². The molecule has 7 heteroatoms. The molecule has 0 saturated heterocycles. The van der Waals surface area contributed by atoms with Crippen LogP contribution in [0.25, 0.3) is 0 Å². The number of rotatable bonds is 3. The Morgan fingerprint density at radius 2 is 1.53 bits per heavy atom. The Morgan fingerprint density at radius 1 is 1.00 bits per heavy atom. The molecule has 0 spiro atoms. The minimum Gasteiger partial charge on any atom is -0.277 e. The fourth-order valence-corrected chi connectivity index (χ4v) is 3.97. The summed E-state index contributed by atoms with van der Waals surface area (Å²) in [6.45, 7) is 0. The zero-order valence-corrected chi connectivity index (χ0v) is 13.3. The van der Waals surface area contributed by atoms with Gasteiger partial charge in [-0.15, -0.1) is 0 Å². The van der Waals surface area contributed by atoms with Crippen LogP contribution in [0.2, 0.25) is 10.0 Å². The summed E-state index contributed by atoms with van der Waals surface area (Å²) in [5, 5.41) is 0.442. The van der Waals surface area contributed by atoms with Gasteiger partial charge in [0.05, 0.1) is 20.6 Å². The van der Waals surface area contributed by atoms with Crippen molar-refractivity contribution in [3.05, 3.63) is 57.0 Å². The predicted octanol–water partition coefficient (Wildman–Crippen LogP) is 4.56. The lowest BCUT2D eigenvalue weighted by Crippen LogP contribution is -2.13. The van der Waals surface area contributed by atoms with Crippen molar-refractivity contribution in [2.75, 3.05) is 4.72 Å². The number of halogens is 3. The van der Waals surface area contributed by atoms with Crippen LogP contribution in [0.5, 0.6) is 0 Å². The summed E-state index contributed by atoms with van der Waals surface area (Å²) in [5.74, 6) is 0. The van der Waals surface area contributed by atoms with Crippen molar-refractivity contribution in [1.82, 2.24) is 0 Å². The van der Waals surface area contributed by atoms with Crippen molar-refractivity contribution in [3.8, 4) is 0 Å². The van der Waals surface area contributed by atoms with Gasteiger partial charge in [-0.05, 0) is 24.3 Å². The van der Waals surface area contributed by atoms with Crippen molar-refractivity contribution in [2.24, 2.45) is 0 Å². The molecule has 2 aromatic carbocycles. The summed E-state index contributed by atoms with van der Waals surface area (Å²) in [7, 11) is -3.71. The molecule has 2 aromatic rings. The van der Waals surface area contributed by atoms with Crippen molar-refractivity contribution in [3.63, 3.8) is 0 Å². The van der Waals surface area contributed by atoms with E-state index in [1.807, 2.05) is 0 Å². The average Bonchev–Trinajstić information content (AvgIpc) is 2.35. The first-order chi connectivity index (χ1) is 8.90. The molecule has 0 bridgehead atoms. The lowest BCUT2D eigenvalue weighted by atomic mass is 10.3. The van der Waals surface area contributed by atoms with Crippen LogP contribution in [-0.4, -0.2) is 8.42 Å². The van der Waals surface area contributed by atoms with Gasteiger partial charge in [0, 0.05) is 4.47 Å². The highest BCUT2D eigenvalue weighted by molar-refractivity contribution is 9.10. The summed E-state index contributed by atoms with van der Waals surface area (Å²) < 4.78 is 27.4. The molecule has 19 heavy (non-hydrogen) atoms. The van der Waals surface area contributed by atoms with E-state index in [9.17, 15) is 8.42 Å². The molecule has 0 aliphatic rings. The smallest absolute Gasteiger partial charge is 0.261 e. The molecule has 0 saturated carbocycles. The van der Waals surface area contributed by atoms with Gasteiger partial charge < -0.3 is 0 Å². The summed E-state index contributed by atoms with van der Waals surface area (Å²) in [5.41, 5.74) is 0.162. The summed E-state index contributed by atoms with van der Waals surface area (Å²) in [6, 6.07) is 11.1. The zero-order chi connectivity index (χ0) is 14.0. The second kappa shape index (κ2) is 5.71. The van der Waals surface area contributed by atoms with Gasteiger partial charge in [-0.1, -0.05) is 57.3 Å². The maximum atomic E-state index is 12.2. The first kappa shape index (κ1) is 14.7. The molecule has 0 aliphatic carbocycles. The van der Waals surface area contributed by atoms with E-state index in [0.717, 1.165) is 0 Å². The topological polar surface area (TPSA) is 46.2 Å². The molecule has 3 nitrogen and oxygen atoms in total. The summed E-state index contributed by atoms with van der Waals surface area (Å²) >= 11 is 15.2. The molecule has 1 N–H and O–H groups in total. The Bertz CT molecular complexity index is 682. The van der Waals surface area contributed by atoms with E-state index >= 15 is 0 Å². The molecule has 0 atom stereocenters. The van der Waals surface area contributed by atoms with Crippen LogP contribution in [0.1, 0.15) is 0 Å². The molecule has 0 radical (unpaired) electrons. The molecule has 0 aromatic heterocycles. The Labute approximate surface area is 129 Å². The molecule has 0 aliphatic heterocycles. The molecular weight excluding hydrogens is 373 g/mol. The van der Waals surface area contributed by atoms with Gasteiger partial charge in [0.1, 0.15) is 0 Å². The lowest BCUT2D eigenvalue weighted by molar-refractivity contribution is 0.601. The van der Waals surface area contributed by atoms with Gasteiger partial charge in [-0.2, -0.15) is 0 Å². The normalized spacial score (nSPS) is 11.3. The minimum absolute atomic E-state index is 0.144. The summed E-state index contributed by atoms with van der Waals surface area (Å²) in [6.07, 6.45) is 0. The monoisotopic (exact) mass is 379 g/mol. The second-order valence-corrected chi connectivity index (χ2v) is 7.08. The lowest BCUT2D eigenvalue weighted by Gasteiger charge is -2.11. The maximum absolute atomic E-state index is 12.2. The van der Waals surface area contributed by atoms with E-state index in [0.29, 0.717) is 4.47 Å². The van der Waals surface area contributed by atoms with Crippen molar-refractivity contribution in [1.29, 1.82) is 0 Å². The van der Waals surface area contributed by atoms with Crippen LogP contribution in [0.15, 0.2) is 51.8 Å². The van der Waals surface area contributed by atoms with E-state index in [1.54, 1.807) is 30.3 Å². The highest BCUT2D eigenvalue weighted by atomic mass is 79.9. The molecular formula is C12H8BrCl2NO2S.